The highest BCUT2D eigenvalue weighted by molar-refractivity contribution is 5.60. The van der Waals surface area contributed by atoms with Gasteiger partial charge < -0.3 is 5.32 Å². The number of rotatable bonds is 2. The van der Waals surface area contributed by atoms with E-state index in [9.17, 15) is 4.39 Å². The van der Waals surface area contributed by atoms with E-state index in [2.05, 4.69) is 10.3 Å². The number of nitrogens with one attached hydrogen (secondary N) is 1. The zero-order chi connectivity index (χ0) is 14.8. The molecule has 0 amide bonds. The average Bonchev–Trinajstić information content (AvgIpc) is 2.70. The van der Waals surface area contributed by atoms with E-state index >= 15 is 0 Å². The first-order chi connectivity index (χ1) is 10.2. The largest absolute Gasteiger partial charge is 0.313 e. The molecule has 0 fully saturated rings. The standard InChI is InChI=1S/C17H20FN3/c1-11-7-8-12(18)9-13(11)17-20-10-14-15(19-2)5-3-4-6-16(14)21-17/h7-10,15,19H,3-6H2,1-2H3. The third kappa shape index (κ3) is 2.81. The fraction of sp³-hybridized carbons (Fsp3) is 0.412. The van der Waals surface area contributed by atoms with Gasteiger partial charge in [0.25, 0.3) is 0 Å². The number of nitrogens with zero attached hydrogens (tertiary/aromatic N) is 2. The van der Waals surface area contributed by atoms with Crippen LogP contribution in [0.3, 0.4) is 0 Å². The van der Waals surface area contributed by atoms with E-state index in [0.29, 0.717) is 11.9 Å². The molecule has 0 saturated carbocycles. The van der Waals surface area contributed by atoms with E-state index in [1.165, 1.54) is 24.1 Å². The van der Waals surface area contributed by atoms with Gasteiger partial charge in [0, 0.05) is 29.1 Å². The maximum Gasteiger partial charge on any atom is 0.159 e. The number of hydrogen-bond donors (Lipinski definition) is 1. The van der Waals surface area contributed by atoms with Crippen molar-refractivity contribution in [3.8, 4) is 11.4 Å². The zero-order valence-corrected chi connectivity index (χ0v) is 12.5. The summed E-state index contributed by atoms with van der Waals surface area (Å²) < 4.78 is 13.5. The van der Waals surface area contributed by atoms with Crippen LogP contribution in [0.15, 0.2) is 24.4 Å². The molecule has 0 saturated heterocycles. The van der Waals surface area contributed by atoms with Gasteiger partial charge in [-0.25, -0.2) is 14.4 Å². The van der Waals surface area contributed by atoms with Crippen molar-refractivity contribution in [3.63, 3.8) is 0 Å². The first-order valence-electron chi connectivity index (χ1n) is 7.48. The molecule has 1 aliphatic rings. The maximum atomic E-state index is 13.5. The summed E-state index contributed by atoms with van der Waals surface area (Å²) in [7, 11) is 1.98. The molecule has 0 radical (unpaired) electrons. The summed E-state index contributed by atoms with van der Waals surface area (Å²) >= 11 is 0. The lowest BCUT2D eigenvalue weighted by molar-refractivity contribution is 0.532. The lowest BCUT2D eigenvalue weighted by Crippen LogP contribution is -2.17. The lowest BCUT2D eigenvalue weighted by atomic mass is 10.0. The third-order valence-electron chi connectivity index (χ3n) is 4.22. The molecule has 1 aromatic heterocycles. The summed E-state index contributed by atoms with van der Waals surface area (Å²) in [6.07, 6.45) is 6.33. The van der Waals surface area contributed by atoms with Crippen LogP contribution < -0.4 is 5.32 Å². The molecule has 4 heteroatoms. The molecule has 1 unspecified atom stereocenters. The van der Waals surface area contributed by atoms with E-state index in [-0.39, 0.29) is 5.82 Å². The quantitative estimate of drug-likeness (QED) is 0.857. The predicted octanol–water partition coefficient (Wildman–Crippen LogP) is 3.58. The second kappa shape index (κ2) is 5.90. The Balaban J connectivity index is 2.06. The Kier molecular flexibility index (Phi) is 3.97. The summed E-state index contributed by atoms with van der Waals surface area (Å²) in [5.74, 6) is 0.379. The Morgan fingerprint density at radius 3 is 2.95 bits per heavy atom. The molecule has 0 spiro atoms. The zero-order valence-electron chi connectivity index (χ0n) is 12.5. The summed E-state index contributed by atoms with van der Waals surface area (Å²) in [5, 5.41) is 3.34. The minimum Gasteiger partial charge on any atom is -0.313 e. The first-order valence-corrected chi connectivity index (χ1v) is 7.48. The molecule has 1 aromatic carbocycles. The van der Waals surface area contributed by atoms with Crippen molar-refractivity contribution >= 4 is 0 Å². The van der Waals surface area contributed by atoms with Crippen molar-refractivity contribution in [2.45, 2.75) is 38.6 Å². The van der Waals surface area contributed by atoms with E-state index < -0.39 is 0 Å². The van der Waals surface area contributed by atoms with Gasteiger partial charge in [0.2, 0.25) is 0 Å². The van der Waals surface area contributed by atoms with Crippen LogP contribution in [0.25, 0.3) is 11.4 Å². The van der Waals surface area contributed by atoms with Crippen LogP contribution in [-0.4, -0.2) is 17.0 Å². The Morgan fingerprint density at radius 1 is 1.29 bits per heavy atom. The molecule has 1 N–H and O–H groups in total. The smallest absolute Gasteiger partial charge is 0.159 e. The molecule has 0 bridgehead atoms. The van der Waals surface area contributed by atoms with E-state index in [0.717, 1.165) is 36.1 Å². The van der Waals surface area contributed by atoms with Gasteiger partial charge in [-0.3, -0.25) is 0 Å². The van der Waals surface area contributed by atoms with Gasteiger partial charge in [0.1, 0.15) is 5.82 Å². The van der Waals surface area contributed by atoms with Gasteiger partial charge in [-0.2, -0.15) is 0 Å². The molecule has 1 heterocycles. The highest BCUT2D eigenvalue weighted by atomic mass is 19.1. The molecule has 1 aliphatic carbocycles. The normalized spacial score (nSPS) is 18.1. The van der Waals surface area contributed by atoms with Crippen molar-refractivity contribution in [2.75, 3.05) is 7.05 Å². The molecule has 0 aliphatic heterocycles. The van der Waals surface area contributed by atoms with Crippen LogP contribution in [0.5, 0.6) is 0 Å². The fourth-order valence-corrected chi connectivity index (χ4v) is 2.98. The van der Waals surface area contributed by atoms with Crippen molar-refractivity contribution in [3.05, 3.63) is 47.0 Å². The molecule has 1 atom stereocenters. The topological polar surface area (TPSA) is 37.8 Å². The first kappa shape index (κ1) is 14.1. The monoisotopic (exact) mass is 285 g/mol. The Bertz CT molecular complexity index is 654. The number of hydrogen-bond acceptors (Lipinski definition) is 3. The van der Waals surface area contributed by atoms with Crippen molar-refractivity contribution in [1.82, 2.24) is 15.3 Å². The lowest BCUT2D eigenvalue weighted by Gasteiger charge is -2.16. The van der Waals surface area contributed by atoms with Gasteiger partial charge in [0.05, 0.1) is 0 Å². The van der Waals surface area contributed by atoms with E-state index in [4.69, 9.17) is 4.98 Å². The molecule has 3 rings (SSSR count). The average molecular weight is 285 g/mol. The second-order valence-electron chi connectivity index (χ2n) is 5.64. The minimum absolute atomic E-state index is 0.248. The summed E-state index contributed by atoms with van der Waals surface area (Å²) in [6.45, 7) is 1.96. The van der Waals surface area contributed by atoms with Gasteiger partial charge >= 0.3 is 0 Å². The van der Waals surface area contributed by atoms with Crippen LogP contribution >= 0.6 is 0 Å². The number of benzene rings is 1. The number of aromatic nitrogens is 2. The summed E-state index contributed by atoms with van der Waals surface area (Å²) in [5.41, 5.74) is 4.06. The number of halogens is 1. The number of aryl methyl sites for hydroxylation is 2. The third-order valence-corrected chi connectivity index (χ3v) is 4.22. The van der Waals surface area contributed by atoms with Gasteiger partial charge in [-0.1, -0.05) is 12.5 Å². The summed E-state index contributed by atoms with van der Waals surface area (Å²) in [4.78, 5) is 9.21. The molecule has 2 aromatic rings. The van der Waals surface area contributed by atoms with Crippen molar-refractivity contribution < 1.29 is 4.39 Å². The van der Waals surface area contributed by atoms with Crippen LogP contribution in [0.1, 0.15) is 42.1 Å². The van der Waals surface area contributed by atoms with Crippen LogP contribution in [0.2, 0.25) is 0 Å². The highest BCUT2D eigenvalue weighted by Crippen LogP contribution is 2.29. The molecule has 110 valence electrons. The fourth-order valence-electron chi connectivity index (χ4n) is 2.98. The van der Waals surface area contributed by atoms with Gasteiger partial charge in [0.15, 0.2) is 5.82 Å². The Hall–Kier alpha value is -1.81. The van der Waals surface area contributed by atoms with Gasteiger partial charge in [-0.15, -0.1) is 0 Å². The molecule has 21 heavy (non-hydrogen) atoms. The maximum absolute atomic E-state index is 13.5. The van der Waals surface area contributed by atoms with Crippen LogP contribution in [-0.2, 0) is 6.42 Å². The molecular weight excluding hydrogens is 265 g/mol. The molecule has 3 nitrogen and oxygen atoms in total. The van der Waals surface area contributed by atoms with Crippen molar-refractivity contribution in [1.29, 1.82) is 0 Å². The predicted molar refractivity (Wildman–Crippen MR) is 81.5 cm³/mol. The Labute approximate surface area is 124 Å². The Morgan fingerprint density at radius 2 is 2.14 bits per heavy atom. The molecular formula is C17H20FN3. The minimum atomic E-state index is -0.248. The van der Waals surface area contributed by atoms with Gasteiger partial charge in [-0.05, 0) is 50.9 Å². The number of fused-ring (bicyclic) bond motifs is 1. The van der Waals surface area contributed by atoms with E-state index in [1.807, 2.05) is 20.2 Å². The SMILES string of the molecule is CNC1CCCCc2nc(-c3cc(F)ccc3C)ncc21. The van der Waals surface area contributed by atoms with Crippen molar-refractivity contribution in [2.24, 2.45) is 0 Å². The van der Waals surface area contributed by atoms with Crippen LogP contribution in [0.4, 0.5) is 4.39 Å². The van der Waals surface area contributed by atoms with E-state index in [1.54, 1.807) is 6.07 Å². The summed E-state index contributed by atoms with van der Waals surface area (Å²) in [6, 6.07) is 5.09. The second-order valence-corrected chi connectivity index (χ2v) is 5.64. The van der Waals surface area contributed by atoms with Crippen LogP contribution in [0, 0.1) is 12.7 Å². The highest BCUT2D eigenvalue weighted by Gasteiger charge is 2.20.